The zero-order chi connectivity index (χ0) is 12.5. The highest BCUT2D eigenvalue weighted by Gasteiger charge is 2.18. The average Bonchev–Trinajstić information content (AvgIpc) is 2.79. The van der Waals surface area contributed by atoms with Crippen LogP contribution in [0.15, 0.2) is 0 Å². The first-order valence-corrected chi connectivity index (χ1v) is 6.15. The highest BCUT2D eigenvalue weighted by molar-refractivity contribution is 5.74. The van der Waals surface area contributed by atoms with E-state index in [0.29, 0.717) is 26.4 Å². The summed E-state index contributed by atoms with van der Waals surface area (Å²) < 4.78 is 15.9. The van der Waals surface area contributed by atoms with Crippen molar-refractivity contribution in [3.63, 3.8) is 0 Å². The molecule has 1 atom stereocenters. The Morgan fingerprint density at radius 3 is 2.65 bits per heavy atom. The lowest BCUT2D eigenvalue weighted by Crippen LogP contribution is -2.45. The molecule has 0 aromatic heterocycles. The van der Waals surface area contributed by atoms with Crippen LogP contribution in [0.25, 0.3) is 0 Å². The number of carbonyl (C=O) groups excluding carboxylic acids is 1. The summed E-state index contributed by atoms with van der Waals surface area (Å²) in [6.07, 6.45) is 1.31. The molecule has 6 heteroatoms. The lowest BCUT2D eigenvalue weighted by molar-refractivity contribution is -0.131. The van der Waals surface area contributed by atoms with Gasteiger partial charge in [-0.2, -0.15) is 0 Å². The van der Waals surface area contributed by atoms with Gasteiger partial charge >= 0.3 is 6.03 Å². The SMILES string of the molecule is CCOC(CNC(=O)NC1CCCO1)OCC. The molecule has 100 valence electrons. The number of nitrogens with one attached hydrogen (secondary N) is 2. The van der Waals surface area contributed by atoms with Crippen molar-refractivity contribution >= 4 is 6.03 Å². The van der Waals surface area contributed by atoms with Crippen molar-refractivity contribution in [1.82, 2.24) is 10.6 Å². The number of hydrogen-bond donors (Lipinski definition) is 2. The van der Waals surface area contributed by atoms with E-state index >= 15 is 0 Å². The fourth-order valence-corrected chi connectivity index (χ4v) is 1.60. The van der Waals surface area contributed by atoms with Crippen LogP contribution < -0.4 is 10.6 Å². The molecule has 2 amide bonds. The number of amides is 2. The summed E-state index contributed by atoms with van der Waals surface area (Å²) in [5.41, 5.74) is 0. The normalized spacial score (nSPS) is 19.6. The summed E-state index contributed by atoms with van der Waals surface area (Å²) in [5, 5.41) is 5.43. The van der Waals surface area contributed by atoms with Gasteiger partial charge in [0.15, 0.2) is 6.29 Å². The Morgan fingerprint density at radius 2 is 2.12 bits per heavy atom. The first-order chi connectivity index (χ1) is 8.26. The van der Waals surface area contributed by atoms with Gasteiger partial charge in [0.2, 0.25) is 0 Å². The molecule has 0 bridgehead atoms. The van der Waals surface area contributed by atoms with E-state index < -0.39 is 0 Å². The number of rotatable bonds is 7. The Morgan fingerprint density at radius 1 is 1.41 bits per heavy atom. The molecule has 1 aliphatic heterocycles. The Balaban J connectivity index is 2.15. The molecule has 1 aliphatic rings. The Hall–Kier alpha value is -0.850. The van der Waals surface area contributed by atoms with Gasteiger partial charge in [-0.25, -0.2) is 4.79 Å². The molecule has 1 fully saturated rings. The van der Waals surface area contributed by atoms with Gasteiger partial charge in [0.1, 0.15) is 6.23 Å². The van der Waals surface area contributed by atoms with Crippen LogP contribution in [-0.4, -0.2) is 44.9 Å². The van der Waals surface area contributed by atoms with Gasteiger partial charge in [-0.15, -0.1) is 0 Å². The monoisotopic (exact) mass is 246 g/mol. The molecule has 0 aliphatic carbocycles. The maximum atomic E-state index is 11.5. The Kier molecular flexibility index (Phi) is 6.91. The minimum Gasteiger partial charge on any atom is -0.358 e. The molecule has 17 heavy (non-hydrogen) atoms. The third kappa shape index (κ3) is 5.86. The van der Waals surface area contributed by atoms with Crippen LogP contribution in [0.1, 0.15) is 26.7 Å². The van der Waals surface area contributed by atoms with Crippen LogP contribution in [0.2, 0.25) is 0 Å². The minimum absolute atomic E-state index is 0.160. The number of ether oxygens (including phenoxy) is 3. The second-order valence-corrected chi connectivity index (χ2v) is 3.70. The van der Waals surface area contributed by atoms with Gasteiger partial charge in [0, 0.05) is 19.8 Å². The molecule has 1 saturated heterocycles. The van der Waals surface area contributed by atoms with Crippen LogP contribution >= 0.6 is 0 Å². The van der Waals surface area contributed by atoms with E-state index in [4.69, 9.17) is 14.2 Å². The van der Waals surface area contributed by atoms with Crippen molar-refractivity contribution in [2.45, 2.75) is 39.2 Å². The first kappa shape index (κ1) is 14.2. The third-order valence-electron chi connectivity index (χ3n) is 2.36. The smallest absolute Gasteiger partial charge is 0.316 e. The van der Waals surface area contributed by atoms with Gasteiger partial charge in [0.25, 0.3) is 0 Å². The second-order valence-electron chi connectivity index (χ2n) is 3.70. The van der Waals surface area contributed by atoms with Crippen LogP contribution in [-0.2, 0) is 14.2 Å². The number of carbonyl (C=O) groups is 1. The van der Waals surface area contributed by atoms with E-state index in [-0.39, 0.29) is 18.5 Å². The van der Waals surface area contributed by atoms with Crippen molar-refractivity contribution in [1.29, 1.82) is 0 Å². The van der Waals surface area contributed by atoms with Gasteiger partial charge in [-0.1, -0.05) is 0 Å². The fraction of sp³-hybridized carbons (Fsp3) is 0.909. The quantitative estimate of drug-likeness (QED) is 0.653. The van der Waals surface area contributed by atoms with Crippen molar-refractivity contribution in [2.24, 2.45) is 0 Å². The maximum absolute atomic E-state index is 11.5. The van der Waals surface area contributed by atoms with Crippen molar-refractivity contribution in [3.8, 4) is 0 Å². The van der Waals surface area contributed by atoms with E-state index in [1.54, 1.807) is 0 Å². The van der Waals surface area contributed by atoms with E-state index in [1.165, 1.54) is 0 Å². The largest absolute Gasteiger partial charge is 0.358 e. The predicted molar refractivity (Wildman–Crippen MR) is 62.5 cm³/mol. The fourth-order valence-electron chi connectivity index (χ4n) is 1.60. The molecular formula is C11H22N2O4. The standard InChI is InChI=1S/C11H22N2O4/c1-3-15-10(16-4-2)8-12-11(14)13-9-6-5-7-17-9/h9-10H,3-8H2,1-2H3,(H2,12,13,14). The highest BCUT2D eigenvalue weighted by atomic mass is 16.7. The topological polar surface area (TPSA) is 68.8 Å². The molecule has 1 unspecified atom stereocenters. The molecule has 1 rings (SSSR count). The highest BCUT2D eigenvalue weighted by Crippen LogP contribution is 2.08. The first-order valence-electron chi connectivity index (χ1n) is 6.15. The molecule has 0 radical (unpaired) electrons. The van der Waals surface area contributed by atoms with E-state index in [0.717, 1.165) is 12.8 Å². The predicted octanol–water partition coefficient (Wildman–Crippen LogP) is 0.821. The number of urea groups is 1. The van der Waals surface area contributed by atoms with Gasteiger partial charge in [-0.3, -0.25) is 0 Å². The third-order valence-corrected chi connectivity index (χ3v) is 2.36. The van der Waals surface area contributed by atoms with Gasteiger partial charge in [0.05, 0.1) is 6.54 Å². The average molecular weight is 246 g/mol. The van der Waals surface area contributed by atoms with Crippen LogP contribution in [0.5, 0.6) is 0 Å². The van der Waals surface area contributed by atoms with Crippen molar-refractivity contribution < 1.29 is 19.0 Å². The van der Waals surface area contributed by atoms with E-state index in [2.05, 4.69) is 10.6 Å². The van der Waals surface area contributed by atoms with Crippen LogP contribution in [0, 0.1) is 0 Å². The molecule has 0 aromatic rings. The zero-order valence-electron chi connectivity index (χ0n) is 10.5. The summed E-state index contributed by atoms with van der Waals surface area (Å²) in [7, 11) is 0. The molecule has 0 spiro atoms. The van der Waals surface area contributed by atoms with Crippen LogP contribution in [0.3, 0.4) is 0 Å². The summed E-state index contributed by atoms with van der Waals surface area (Å²) in [5.74, 6) is 0. The van der Waals surface area contributed by atoms with Crippen molar-refractivity contribution in [2.75, 3.05) is 26.4 Å². The second kappa shape index (κ2) is 8.27. The molecular weight excluding hydrogens is 224 g/mol. The summed E-state index contributed by atoms with van der Waals surface area (Å²) >= 11 is 0. The van der Waals surface area contributed by atoms with E-state index in [9.17, 15) is 4.79 Å². The number of hydrogen-bond acceptors (Lipinski definition) is 4. The molecule has 0 aromatic carbocycles. The van der Waals surface area contributed by atoms with Gasteiger partial charge < -0.3 is 24.8 Å². The minimum atomic E-state index is -0.389. The lowest BCUT2D eigenvalue weighted by Gasteiger charge is -2.18. The summed E-state index contributed by atoms with van der Waals surface area (Å²) in [6.45, 7) is 5.93. The zero-order valence-corrected chi connectivity index (χ0v) is 10.5. The molecule has 1 heterocycles. The molecule has 6 nitrogen and oxygen atoms in total. The van der Waals surface area contributed by atoms with E-state index in [1.807, 2.05) is 13.8 Å². The summed E-state index contributed by atoms with van der Waals surface area (Å²) in [6, 6.07) is -0.249. The lowest BCUT2D eigenvalue weighted by atomic mass is 10.3. The molecule has 2 N–H and O–H groups in total. The summed E-state index contributed by atoms with van der Waals surface area (Å²) in [4.78, 5) is 11.5. The van der Waals surface area contributed by atoms with Gasteiger partial charge in [-0.05, 0) is 26.7 Å². The molecule has 0 saturated carbocycles. The Bertz CT molecular complexity index is 214. The van der Waals surface area contributed by atoms with Crippen molar-refractivity contribution in [3.05, 3.63) is 0 Å². The maximum Gasteiger partial charge on any atom is 0.316 e. The Labute approximate surface area is 102 Å². The van der Waals surface area contributed by atoms with Crippen LogP contribution in [0.4, 0.5) is 4.79 Å².